The Morgan fingerprint density at radius 2 is 1.43 bits per heavy atom. The van der Waals surface area contributed by atoms with Gasteiger partial charge in [0, 0.05) is 10.6 Å². The summed E-state index contributed by atoms with van der Waals surface area (Å²) in [5.74, 6) is -0.984. The molecule has 0 bridgehead atoms. The Bertz CT molecular complexity index is 919. The topological polar surface area (TPSA) is 55.4 Å². The van der Waals surface area contributed by atoms with Gasteiger partial charge in [-0.2, -0.15) is 0 Å². The van der Waals surface area contributed by atoms with Crippen molar-refractivity contribution in [1.82, 2.24) is 5.09 Å². The number of nitrogens with one attached hydrogen (secondary N) is 1. The zero-order valence-electron chi connectivity index (χ0n) is 15.4. The van der Waals surface area contributed by atoms with E-state index in [1.165, 1.54) is 24.3 Å². The van der Waals surface area contributed by atoms with E-state index in [2.05, 4.69) is 5.09 Å². The lowest BCUT2D eigenvalue weighted by atomic mass is 10.1. The number of esters is 1. The van der Waals surface area contributed by atoms with Gasteiger partial charge in [-0.05, 0) is 48.9 Å². The molecule has 0 spiro atoms. The quantitative estimate of drug-likeness (QED) is 0.485. The summed E-state index contributed by atoms with van der Waals surface area (Å²) in [7, 11) is -3.38. The van der Waals surface area contributed by atoms with Crippen LogP contribution in [0.2, 0.25) is 0 Å². The molecule has 0 saturated carbocycles. The maximum absolute atomic E-state index is 14.2. The fourth-order valence-electron chi connectivity index (χ4n) is 2.90. The molecular formula is C22H21FNO3P. The van der Waals surface area contributed by atoms with Crippen LogP contribution in [0.5, 0.6) is 0 Å². The molecule has 0 aliphatic carbocycles. The van der Waals surface area contributed by atoms with E-state index in [1.54, 1.807) is 55.5 Å². The molecule has 3 aromatic rings. The minimum Gasteiger partial charge on any atom is -0.465 e. The van der Waals surface area contributed by atoms with Crippen LogP contribution in [0.3, 0.4) is 0 Å². The van der Waals surface area contributed by atoms with Crippen molar-refractivity contribution in [3.8, 4) is 0 Å². The number of hydrogen-bond acceptors (Lipinski definition) is 3. The first-order valence-electron chi connectivity index (χ1n) is 8.96. The largest absolute Gasteiger partial charge is 0.465 e. The Hall–Kier alpha value is -2.75. The van der Waals surface area contributed by atoms with E-state index in [0.717, 1.165) is 0 Å². The first-order chi connectivity index (χ1) is 13.5. The number of carbonyl (C=O) groups is 1. The molecule has 0 aliphatic heterocycles. The van der Waals surface area contributed by atoms with E-state index < -0.39 is 25.1 Å². The van der Waals surface area contributed by atoms with Crippen molar-refractivity contribution in [2.45, 2.75) is 13.0 Å². The lowest BCUT2D eigenvalue weighted by Gasteiger charge is -2.26. The molecule has 0 saturated heterocycles. The van der Waals surface area contributed by atoms with Crippen molar-refractivity contribution in [3.05, 3.63) is 96.3 Å². The Labute approximate surface area is 163 Å². The SMILES string of the molecule is CCOC(=O)[C@@H](NP(=O)(c1ccccc1)c1ccccc1)c1ccc(F)cc1. The van der Waals surface area contributed by atoms with Crippen molar-refractivity contribution in [2.24, 2.45) is 0 Å². The predicted molar refractivity (Wildman–Crippen MR) is 109 cm³/mol. The molecule has 0 heterocycles. The van der Waals surface area contributed by atoms with Gasteiger partial charge in [-0.15, -0.1) is 0 Å². The van der Waals surface area contributed by atoms with E-state index in [9.17, 15) is 13.8 Å². The highest BCUT2D eigenvalue weighted by Gasteiger charge is 2.34. The van der Waals surface area contributed by atoms with Crippen LogP contribution in [-0.4, -0.2) is 12.6 Å². The van der Waals surface area contributed by atoms with Crippen molar-refractivity contribution in [2.75, 3.05) is 6.61 Å². The molecule has 1 N–H and O–H groups in total. The summed E-state index contributed by atoms with van der Waals surface area (Å²) >= 11 is 0. The highest BCUT2D eigenvalue weighted by molar-refractivity contribution is 7.77. The van der Waals surface area contributed by atoms with Crippen molar-refractivity contribution < 1.29 is 18.5 Å². The minimum absolute atomic E-state index is 0.180. The zero-order valence-corrected chi connectivity index (χ0v) is 16.3. The summed E-state index contributed by atoms with van der Waals surface area (Å²) in [6, 6.07) is 22.4. The van der Waals surface area contributed by atoms with Crippen LogP contribution in [0, 0.1) is 5.82 Å². The molecule has 3 rings (SSSR count). The summed E-state index contributed by atoms with van der Waals surface area (Å²) in [5.41, 5.74) is 0.479. The normalized spacial score (nSPS) is 12.4. The molecular weight excluding hydrogens is 376 g/mol. The van der Waals surface area contributed by atoms with E-state index >= 15 is 0 Å². The standard InChI is InChI=1S/C22H21FNO3P/c1-2-27-22(25)21(17-13-15-18(23)16-14-17)24-28(26,19-9-5-3-6-10-19)20-11-7-4-8-12-20/h3-16,21H,2H2,1H3,(H,24,26)/t21-/m0/s1. The van der Waals surface area contributed by atoms with Crippen LogP contribution in [-0.2, 0) is 14.1 Å². The molecule has 0 unspecified atom stereocenters. The number of rotatable bonds is 7. The van der Waals surface area contributed by atoms with Crippen LogP contribution in [0.25, 0.3) is 0 Å². The van der Waals surface area contributed by atoms with Crippen LogP contribution in [0.4, 0.5) is 4.39 Å². The van der Waals surface area contributed by atoms with Gasteiger partial charge in [0.05, 0.1) is 6.61 Å². The number of halogens is 1. The third-order valence-corrected chi connectivity index (χ3v) is 6.95. The number of benzene rings is 3. The van der Waals surface area contributed by atoms with E-state index in [4.69, 9.17) is 4.74 Å². The van der Waals surface area contributed by atoms with Gasteiger partial charge in [0.15, 0.2) is 0 Å². The van der Waals surface area contributed by atoms with Gasteiger partial charge in [0.25, 0.3) is 0 Å². The molecule has 144 valence electrons. The summed E-state index contributed by atoms with van der Waals surface area (Å²) in [5, 5.41) is 4.18. The maximum atomic E-state index is 14.2. The van der Waals surface area contributed by atoms with Gasteiger partial charge in [0.1, 0.15) is 11.9 Å². The third-order valence-electron chi connectivity index (χ3n) is 4.28. The third kappa shape index (κ3) is 4.38. The van der Waals surface area contributed by atoms with Gasteiger partial charge in [-0.3, -0.25) is 4.57 Å². The van der Waals surface area contributed by atoms with Crippen LogP contribution in [0.15, 0.2) is 84.9 Å². The van der Waals surface area contributed by atoms with Gasteiger partial charge >= 0.3 is 5.97 Å². The molecule has 6 heteroatoms. The first kappa shape index (κ1) is 20.0. The zero-order chi connectivity index (χ0) is 20.0. The van der Waals surface area contributed by atoms with Gasteiger partial charge in [-0.25, -0.2) is 14.3 Å². The molecule has 28 heavy (non-hydrogen) atoms. The minimum atomic E-state index is -3.38. The van der Waals surface area contributed by atoms with Gasteiger partial charge in [0.2, 0.25) is 7.29 Å². The summed E-state index contributed by atoms with van der Waals surface area (Å²) in [6.07, 6.45) is 0. The smallest absolute Gasteiger partial charge is 0.328 e. The van der Waals surface area contributed by atoms with E-state index in [-0.39, 0.29) is 6.61 Å². The fraction of sp³-hybridized carbons (Fsp3) is 0.136. The monoisotopic (exact) mass is 397 g/mol. The Morgan fingerprint density at radius 3 is 1.89 bits per heavy atom. The van der Waals surface area contributed by atoms with Gasteiger partial charge in [-0.1, -0.05) is 48.5 Å². The van der Waals surface area contributed by atoms with E-state index in [1.807, 2.05) is 12.1 Å². The highest BCUT2D eigenvalue weighted by atomic mass is 31.2. The van der Waals surface area contributed by atoms with Crippen LogP contribution < -0.4 is 15.7 Å². The summed E-state index contributed by atoms with van der Waals surface area (Å²) in [4.78, 5) is 12.7. The molecule has 0 radical (unpaired) electrons. The first-order valence-corrected chi connectivity index (χ1v) is 10.7. The predicted octanol–water partition coefficient (Wildman–Crippen LogP) is 3.95. The average molecular weight is 397 g/mol. The molecule has 0 aliphatic rings. The van der Waals surface area contributed by atoms with Crippen molar-refractivity contribution in [1.29, 1.82) is 0 Å². The lowest BCUT2D eigenvalue weighted by Crippen LogP contribution is -2.35. The lowest BCUT2D eigenvalue weighted by molar-refractivity contribution is -0.145. The molecule has 1 atom stereocenters. The molecule has 4 nitrogen and oxygen atoms in total. The average Bonchev–Trinajstić information content (AvgIpc) is 2.74. The van der Waals surface area contributed by atoms with Crippen molar-refractivity contribution >= 4 is 23.9 Å². The highest BCUT2D eigenvalue weighted by Crippen LogP contribution is 2.42. The van der Waals surface area contributed by atoms with E-state index in [0.29, 0.717) is 16.2 Å². The van der Waals surface area contributed by atoms with Gasteiger partial charge < -0.3 is 4.74 Å². The number of hydrogen-bond donors (Lipinski definition) is 1. The number of carbonyl (C=O) groups excluding carboxylic acids is 1. The van der Waals surface area contributed by atoms with Crippen molar-refractivity contribution in [3.63, 3.8) is 0 Å². The van der Waals surface area contributed by atoms with Crippen LogP contribution in [0.1, 0.15) is 18.5 Å². The Morgan fingerprint density at radius 1 is 0.929 bits per heavy atom. The molecule has 0 fully saturated rings. The second-order valence-electron chi connectivity index (χ2n) is 6.15. The Balaban J connectivity index is 2.09. The molecule has 0 amide bonds. The maximum Gasteiger partial charge on any atom is 0.328 e. The molecule has 3 aromatic carbocycles. The fourth-order valence-corrected chi connectivity index (χ4v) is 5.30. The van der Waals surface area contributed by atoms with Crippen LogP contribution >= 0.6 is 7.29 Å². The molecule has 0 aromatic heterocycles. The summed E-state index contributed by atoms with van der Waals surface area (Å²) < 4.78 is 32.7. The Kier molecular flexibility index (Phi) is 6.40. The second kappa shape index (κ2) is 8.96. The summed E-state index contributed by atoms with van der Waals surface area (Å²) in [6.45, 7) is 1.88. The second-order valence-corrected chi connectivity index (χ2v) is 8.66. The number of ether oxygens (including phenoxy) is 1.